The molecule has 0 unspecified atom stereocenters. The van der Waals surface area contributed by atoms with Crippen molar-refractivity contribution in [3.8, 4) is 0 Å². The minimum Gasteiger partial charge on any atom is -0.492 e. The number of carbonyl (C=O) groups excluding carboxylic acids is 1. The Balaban J connectivity index is 2.90. The summed E-state index contributed by atoms with van der Waals surface area (Å²) >= 11 is 0. The number of aromatic nitrogens is 1. The standard InChI is InChI=1S/C19H24N2O3/c1-5-8-17(9-6-2)24-13-12-21-11-10-15(4)18(21)14-16(7-3)19(22)20-23/h5-11,14,23H,1,3,12-13H2,2,4H3,(H,20,22)/b9-6-,16-14+,17-8+. The Labute approximate surface area is 142 Å². The average Bonchev–Trinajstić information content (AvgIpc) is 2.92. The third-order valence-corrected chi connectivity index (χ3v) is 3.31. The number of hydroxylamine groups is 1. The SMILES string of the molecule is C=C/C=C(\C=C/C)OCCn1ccc(C)c1/C=C(\C=C)C(=O)NO. The average molecular weight is 328 g/mol. The third kappa shape index (κ3) is 5.44. The molecular formula is C19H24N2O3. The van der Waals surface area contributed by atoms with Crippen LogP contribution in [0.25, 0.3) is 6.08 Å². The summed E-state index contributed by atoms with van der Waals surface area (Å²) in [6.07, 6.45) is 12.2. The van der Waals surface area contributed by atoms with E-state index in [1.165, 1.54) is 6.08 Å². The molecule has 1 aromatic heterocycles. The number of hydrogen-bond donors (Lipinski definition) is 2. The van der Waals surface area contributed by atoms with Crippen molar-refractivity contribution < 1.29 is 14.7 Å². The number of nitrogens with one attached hydrogen (secondary N) is 1. The molecule has 1 heterocycles. The van der Waals surface area contributed by atoms with Gasteiger partial charge in [0, 0.05) is 17.5 Å². The molecule has 0 aliphatic carbocycles. The molecule has 1 amide bonds. The van der Waals surface area contributed by atoms with E-state index >= 15 is 0 Å². The van der Waals surface area contributed by atoms with E-state index in [-0.39, 0.29) is 5.57 Å². The van der Waals surface area contributed by atoms with Gasteiger partial charge in [0.2, 0.25) is 0 Å². The number of hydrogen-bond acceptors (Lipinski definition) is 3. The first-order valence-electron chi connectivity index (χ1n) is 7.59. The molecule has 5 nitrogen and oxygen atoms in total. The van der Waals surface area contributed by atoms with Crippen LogP contribution in [0.4, 0.5) is 0 Å². The molecular weight excluding hydrogens is 304 g/mol. The number of allylic oxidation sites excluding steroid dienone is 4. The summed E-state index contributed by atoms with van der Waals surface area (Å²) in [5.74, 6) is 0.137. The van der Waals surface area contributed by atoms with E-state index in [1.807, 2.05) is 42.8 Å². The van der Waals surface area contributed by atoms with E-state index in [4.69, 9.17) is 9.94 Å². The van der Waals surface area contributed by atoms with Crippen LogP contribution in [0.1, 0.15) is 18.2 Å². The molecule has 0 saturated carbocycles. The molecule has 2 N–H and O–H groups in total. The second kappa shape index (κ2) is 10.1. The molecule has 0 saturated heterocycles. The van der Waals surface area contributed by atoms with Crippen molar-refractivity contribution >= 4 is 12.0 Å². The highest BCUT2D eigenvalue weighted by atomic mass is 16.5. The Kier molecular flexibility index (Phi) is 8.08. The highest BCUT2D eigenvalue weighted by Crippen LogP contribution is 2.15. The zero-order valence-electron chi connectivity index (χ0n) is 14.2. The van der Waals surface area contributed by atoms with Crippen molar-refractivity contribution in [1.29, 1.82) is 0 Å². The Morgan fingerprint density at radius 2 is 2.21 bits per heavy atom. The summed E-state index contributed by atoms with van der Waals surface area (Å²) in [4.78, 5) is 11.6. The van der Waals surface area contributed by atoms with E-state index in [0.29, 0.717) is 13.2 Å². The largest absolute Gasteiger partial charge is 0.492 e. The first-order valence-corrected chi connectivity index (χ1v) is 7.59. The zero-order chi connectivity index (χ0) is 17.9. The van der Waals surface area contributed by atoms with Crippen LogP contribution in [0, 0.1) is 6.92 Å². The van der Waals surface area contributed by atoms with Gasteiger partial charge in [-0.15, -0.1) is 0 Å². The summed E-state index contributed by atoms with van der Waals surface area (Å²) in [6.45, 7) is 12.2. The lowest BCUT2D eigenvalue weighted by molar-refractivity contribution is -0.124. The fourth-order valence-electron chi connectivity index (χ4n) is 2.11. The molecule has 0 bridgehead atoms. The maximum Gasteiger partial charge on any atom is 0.274 e. The summed E-state index contributed by atoms with van der Waals surface area (Å²) < 4.78 is 7.69. The number of rotatable bonds is 9. The van der Waals surface area contributed by atoms with Gasteiger partial charge in [0.25, 0.3) is 5.91 Å². The first-order chi connectivity index (χ1) is 11.6. The topological polar surface area (TPSA) is 63.5 Å². The van der Waals surface area contributed by atoms with Crippen LogP contribution < -0.4 is 5.48 Å². The van der Waals surface area contributed by atoms with Gasteiger partial charge in [-0.1, -0.05) is 31.4 Å². The number of carbonyl (C=O) groups is 1. The molecule has 1 rings (SSSR count). The zero-order valence-corrected chi connectivity index (χ0v) is 14.2. The van der Waals surface area contributed by atoms with Crippen LogP contribution in [0.3, 0.4) is 0 Å². The number of ether oxygens (including phenoxy) is 1. The predicted molar refractivity (Wildman–Crippen MR) is 96.3 cm³/mol. The Morgan fingerprint density at radius 1 is 1.46 bits per heavy atom. The Morgan fingerprint density at radius 3 is 2.79 bits per heavy atom. The molecule has 0 atom stereocenters. The number of amides is 1. The quantitative estimate of drug-likeness (QED) is 0.240. The van der Waals surface area contributed by atoms with Gasteiger partial charge in [0.05, 0.1) is 6.54 Å². The van der Waals surface area contributed by atoms with Crippen molar-refractivity contribution in [1.82, 2.24) is 10.0 Å². The highest BCUT2D eigenvalue weighted by molar-refractivity contribution is 5.99. The van der Waals surface area contributed by atoms with Gasteiger partial charge in [-0.3, -0.25) is 10.0 Å². The molecule has 0 radical (unpaired) electrons. The van der Waals surface area contributed by atoms with Crippen molar-refractivity contribution in [2.75, 3.05) is 6.61 Å². The fourth-order valence-corrected chi connectivity index (χ4v) is 2.11. The van der Waals surface area contributed by atoms with Crippen LogP contribution in [0.5, 0.6) is 0 Å². The monoisotopic (exact) mass is 328 g/mol. The predicted octanol–water partition coefficient (Wildman–Crippen LogP) is 3.53. The lowest BCUT2D eigenvalue weighted by Gasteiger charge is -2.11. The van der Waals surface area contributed by atoms with Gasteiger partial charge in [-0.25, -0.2) is 5.48 Å². The van der Waals surface area contributed by atoms with Crippen molar-refractivity contribution in [3.63, 3.8) is 0 Å². The minimum absolute atomic E-state index is 0.280. The Bertz CT molecular complexity index is 679. The molecule has 0 aliphatic rings. The molecule has 5 heteroatoms. The minimum atomic E-state index is -0.599. The van der Waals surface area contributed by atoms with E-state index in [0.717, 1.165) is 17.0 Å². The molecule has 0 spiro atoms. The van der Waals surface area contributed by atoms with Gasteiger partial charge >= 0.3 is 0 Å². The van der Waals surface area contributed by atoms with Crippen LogP contribution in [0.2, 0.25) is 0 Å². The lowest BCUT2D eigenvalue weighted by Crippen LogP contribution is -2.20. The van der Waals surface area contributed by atoms with E-state index < -0.39 is 5.91 Å². The van der Waals surface area contributed by atoms with Gasteiger partial charge in [0.15, 0.2) is 0 Å². The summed E-state index contributed by atoms with van der Waals surface area (Å²) in [5.41, 5.74) is 3.77. The van der Waals surface area contributed by atoms with Crippen molar-refractivity contribution in [2.24, 2.45) is 0 Å². The van der Waals surface area contributed by atoms with Gasteiger partial charge in [-0.2, -0.15) is 0 Å². The number of aryl methyl sites for hydroxylation is 1. The highest BCUT2D eigenvalue weighted by Gasteiger charge is 2.09. The van der Waals surface area contributed by atoms with Gasteiger partial charge in [0.1, 0.15) is 12.4 Å². The van der Waals surface area contributed by atoms with E-state index in [9.17, 15) is 4.79 Å². The molecule has 1 aromatic rings. The van der Waals surface area contributed by atoms with Gasteiger partial charge in [-0.05, 0) is 43.7 Å². The summed E-state index contributed by atoms with van der Waals surface area (Å²) in [5, 5.41) is 8.77. The van der Waals surface area contributed by atoms with Crippen LogP contribution in [-0.4, -0.2) is 22.3 Å². The summed E-state index contributed by atoms with van der Waals surface area (Å²) in [7, 11) is 0. The van der Waals surface area contributed by atoms with Crippen LogP contribution in [-0.2, 0) is 16.1 Å². The van der Waals surface area contributed by atoms with Crippen LogP contribution in [0.15, 0.2) is 67.1 Å². The molecule has 24 heavy (non-hydrogen) atoms. The van der Waals surface area contributed by atoms with Crippen molar-refractivity contribution in [2.45, 2.75) is 20.4 Å². The molecule has 0 aliphatic heterocycles. The van der Waals surface area contributed by atoms with Crippen molar-refractivity contribution in [3.05, 3.63) is 78.4 Å². The van der Waals surface area contributed by atoms with E-state index in [2.05, 4.69) is 13.2 Å². The maximum absolute atomic E-state index is 11.6. The normalized spacial score (nSPS) is 12.3. The smallest absolute Gasteiger partial charge is 0.274 e. The van der Waals surface area contributed by atoms with E-state index in [1.54, 1.807) is 23.7 Å². The second-order valence-electron chi connectivity index (χ2n) is 4.98. The first kappa shape index (κ1) is 19.3. The third-order valence-electron chi connectivity index (χ3n) is 3.31. The second-order valence-corrected chi connectivity index (χ2v) is 4.98. The Hall–Kier alpha value is -2.79. The molecule has 0 aromatic carbocycles. The fraction of sp³-hybridized carbons (Fsp3) is 0.211. The maximum atomic E-state index is 11.6. The summed E-state index contributed by atoms with van der Waals surface area (Å²) in [6, 6.07) is 1.95. The lowest BCUT2D eigenvalue weighted by atomic mass is 10.1. The van der Waals surface area contributed by atoms with Gasteiger partial charge < -0.3 is 9.30 Å². The number of nitrogens with zero attached hydrogens (tertiary/aromatic N) is 1. The van der Waals surface area contributed by atoms with Crippen LogP contribution >= 0.6 is 0 Å². The molecule has 0 fully saturated rings. The molecule has 128 valence electrons.